The molecule has 1 unspecified atom stereocenters. The standard InChI is InChI=1S/C11H15NO2/c13-6-5-12-8-10(14)7-9-3-1-2-4-11(9)12/h1-4,10,13-14H,5-8H2. The zero-order valence-electron chi connectivity index (χ0n) is 8.06. The van der Waals surface area contributed by atoms with E-state index in [0.29, 0.717) is 13.1 Å². The van der Waals surface area contributed by atoms with Crippen LogP contribution < -0.4 is 4.90 Å². The van der Waals surface area contributed by atoms with Crippen LogP contribution in [0.4, 0.5) is 5.69 Å². The first kappa shape index (κ1) is 9.49. The van der Waals surface area contributed by atoms with Crippen LogP contribution in [0.3, 0.4) is 0 Å². The molecule has 0 saturated carbocycles. The van der Waals surface area contributed by atoms with E-state index in [1.165, 1.54) is 5.56 Å². The van der Waals surface area contributed by atoms with Gasteiger partial charge in [-0.2, -0.15) is 0 Å². The van der Waals surface area contributed by atoms with Gasteiger partial charge in [0.15, 0.2) is 0 Å². The number of aliphatic hydroxyl groups is 2. The average Bonchev–Trinajstić information content (AvgIpc) is 2.18. The molecular formula is C11H15NO2. The lowest BCUT2D eigenvalue weighted by molar-refractivity contribution is 0.172. The number of anilines is 1. The van der Waals surface area contributed by atoms with Crippen LogP contribution in [-0.4, -0.2) is 36.0 Å². The van der Waals surface area contributed by atoms with Crippen LogP contribution >= 0.6 is 0 Å². The third-order valence-electron chi connectivity index (χ3n) is 2.59. The van der Waals surface area contributed by atoms with Gasteiger partial charge in [-0.25, -0.2) is 0 Å². The molecule has 0 spiro atoms. The predicted octanol–water partition coefficient (Wildman–Crippen LogP) is 0.402. The number of fused-ring (bicyclic) bond motifs is 1. The Balaban J connectivity index is 2.28. The normalized spacial score (nSPS) is 20.7. The summed E-state index contributed by atoms with van der Waals surface area (Å²) in [5.41, 5.74) is 2.31. The van der Waals surface area contributed by atoms with E-state index in [9.17, 15) is 5.11 Å². The van der Waals surface area contributed by atoms with E-state index < -0.39 is 0 Å². The average molecular weight is 193 g/mol. The summed E-state index contributed by atoms with van der Waals surface area (Å²) in [5, 5.41) is 18.5. The molecule has 0 radical (unpaired) electrons. The van der Waals surface area contributed by atoms with Crippen molar-refractivity contribution in [1.82, 2.24) is 0 Å². The van der Waals surface area contributed by atoms with E-state index >= 15 is 0 Å². The molecule has 0 saturated heterocycles. The van der Waals surface area contributed by atoms with E-state index in [4.69, 9.17) is 5.11 Å². The number of aliphatic hydroxyl groups excluding tert-OH is 2. The number of benzene rings is 1. The SMILES string of the molecule is OCCN1CC(O)Cc2ccccc21. The molecule has 3 heteroatoms. The largest absolute Gasteiger partial charge is 0.395 e. The number of nitrogens with zero attached hydrogens (tertiary/aromatic N) is 1. The lowest BCUT2D eigenvalue weighted by Gasteiger charge is -2.33. The highest BCUT2D eigenvalue weighted by molar-refractivity contribution is 5.55. The second kappa shape index (κ2) is 3.98. The highest BCUT2D eigenvalue weighted by atomic mass is 16.3. The molecular weight excluding hydrogens is 178 g/mol. The van der Waals surface area contributed by atoms with Crippen LogP contribution in [0.1, 0.15) is 5.56 Å². The topological polar surface area (TPSA) is 43.7 Å². The third kappa shape index (κ3) is 1.74. The van der Waals surface area contributed by atoms with E-state index in [-0.39, 0.29) is 12.7 Å². The van der Waals surface area contributed by atoms with Crippen molar-refractivity contribution in [3.8, 4) is 0 Å². The smallest absolute Gasteiger partial charge is 0.0756 e. The van der Waals surface area contributed by atoms with Crippen LogP contribution in [0.25, 0.3) is 0 Å². The molecule has 0 fully saturated rings. The summed E-state index contributed by atoms with van der Waals surface area (Å²) in [6.45, 7) is 1.34. The lowest BCUT2D eigenvalue weighted by atomic mass is 10.00. The first-order valence-corrected chi connectivity index (χ1v) is 4.93. The lowest BCUT2D eigenvalue weighted by Crippen LogP contribution is -2.39. The Bertz CT molecular complexity index is 314. The number of hydrogen-bond acceptors (Lipinski definition) is 3. The summed E-state index contributed by atoms with van der Waals surface area (Å²) in [4.78, 5) is 2.03. The molecule has 0 aromatic heterocycles. The number of rotatable bonds is 2. The highest BCUT2D eigenvalue weighted by Crippen LogP contribution is 2.26. The molecule has 76 valence electrons. The molecule has 0 bridgehead atoms. The highest BCUT2D eigenvalue weighted by Gasteiger charge is 2.21. The van der Waals surface area contributed by atoms with Crippen LogP contribution in [0.5, 0.6) is 0 Å². The second-order valence-corrected chi connectivity index (χ2v) is 3.66. The third-order valence-corrected chi connectivity index (χ3v) is 2.59. The molecule has 1 aromatic carbocycles. The molecule has 14 heavy (non-hydrogen) atoms. The number of hydrogen-bond donors (Lipinski definition) is 2. The van der Waals surface area contributed by atoms with Gasteiger partial charge >= 0.3 is 0 Å². The fourth-order valence-electron chi connectivity index (χ4n) is 2.00. The molecule has 2 rings (SSSR count). The molecule has 1 atom stereocenters. The van der Waals surface area contributed by atoms with Crippen LogP contribution in [-0.2, 0) is 6.42 Å². The Morgan fingerprint density at radius 1 is 1.36 bits per heavy atom. The molecule has 3 nitrogen and oxygen atoms in total. The van der Waals surface area contributed by atoms with Gasteiger partial charge in [-0.3, -0.25) is 0 Å². The Hall–Kier alpha value is -1.06. The zero-order chi connectivity index (χ0) is 9.97. The summed E-state index contributed by atoms with van der Waals surface area (Å²) in [6.07, 6.45) is 0.411. The zero-order valence-corrected chi connectivity index (χ0v) is 8.06. The molecule has 2 N–H and O–H groups in total. The van der Waals surface area contributed by atoms with Crippen molar-refractivity contribution in [2.24, 2.45) is 0 Å². The Morgan fingerprint density at radius 3 is 2.93 bits per heavy atom. The summed E-state index contributed by atoms with van der Waals surface area (Å²) in [6, 6.07) is 8.04. The number of para-hydroxylation sites is 1. The van der Waals surface area contributed by atoms with Gasteiger partial charge in [0.05, 0.1) is 12.7 Å². The Morgan fingerprint density at radius 2 is 2.14 bits per heavy atom. The van der Waals surface area contributed by atoms with Gasteiger partial charge in [0.1, 0.15) is 0 Å². The monoisotopic (exact) mass is 193 g/mol. The molecule has 1 aromatic rings. The van der Waals surface area contributed by atoms with Gasteiger partial charge in [0.2, 0.25) is 0 Å². The maximum atomic E-state index is 9.63. The summed E-state index contributed by atoms with van der Waals surface area (Å²) in [7, 11) is 0. The van der Waals surface area contributed by atoms with Gasteiger partial charge < -0.3 is 15.1 Å². The van der Waals surface area contributed by atoms with Gasteiger partial charge in [0.25, 0.3) is 0 Å². The first-order valence-electron chi connectivity index (χ1n) is 4.93. The molecule has 1 aliphatic heterocycles. The molecule has 0 amide bonds. The fourth-order valence-corrected chi connectivity index (χ4v) is 2.00. The summed E-state index contributed by atoms with van der Waals surface area (Å²) < 4.78 is 0. The Kier molecular flexibility index (Phi) is 2.70. The minimum Gasteiger partial charge on any atom is -0.395 e. The van der Waals surface area contributed by atoms with E-state index in [0.717, 1.165) is 12.1 Å². The first-order chi connectivity index (χ1) is 6.81. The molecule has 1 heterocycles. The predicted molar refractivity (Wildman–Crippen MR) is 55.5 cm³/mol. The van der Waals surface area contributed by atoms with Crippen molar-refractivity contribution in [3.05, 3.63) is 29.8 Å². The van der Waals surface area contributed by atoms with Gasteiger partial charge in [-0.15, -0.1) is 0 Å². The van der Waals surface area contributed by atoms with Crippen molar-refractivity contribution in [3.63, 3.8) is 0 Å². The van der Waals surface area contributed by atoms with Crippen LogP contribution in [0.2, 0.25) is 0 Å². The van der Waals surface area contributed by atoms with E-state index in [1.807, 2.05) is 29.2 Å². The minimum atomic E-state index is -0.309. The minimum absolute atomic E-state index is 0.126. The van der Waals surface area contributed by atoms with Crippen molar-refractivity contribution >= 4 is 5.69 Å². The van der Waals surface area contributed by atoms with Crippen molar-refractivity contribution in [1.29, 1.82) is 0 Å². The van der Waals surface area contributed by atoms with E-state index in [2.05, 4.69) is 0 Å². The Labute approximate surface area is 83.6 Å². The summed E-state index contributed by atoms with van der Waals surface area (Å²) in [5.74, 6) is 0. The van der Waals surface area contributed by atoms with E-state index in [1.54, 1.807) is 0 Å². The van der Waals surface area contributed by atoms with Crippen molar-refractivity contribution < 1.29 is 10.2 Å². The molecule has 0 aliphatic carbocycles. The van der Waals surface area contributed by atoms with Crippen molar-refractivity contribution in [2.75, 3.05) is 24.6 Å². The van der Waals surface area contributed by atoms with Gasteiger partial charge in [0, 0.05) is 25.2 Å². The maximum Gasteiger partial charge on any atom is 0.0756 e. The molecule has 1 aliphatic rings. The summed E-state index contributed by atoms with van der Waals surface area (Å²) >= 11 is 0. The fraction of sp³-hybridized carbons (Fsp3) is 0.455. The maximum absolute atomic E-state index is 9.63. The number of β-amino-alcohol motifs (C(OH)–C–C–N with tert-alkyl or cyclic N) is 2. The van der Waals surface area contributed by atoms with Crippen molar-refractivity contribution in [2.45, 2.75) is 12.5 Å². The van der Waals surface area contributed by atoms with Crippen LogP contribution in [0, 0.1) is 0 Å². The van der Waals surface area contributed by atoms with Gasteiger partial charge in [-0.1, -0.05) is 18.2 Å². The van der Waals surface area contributed by atoms with Gasteiger partial charge in [-0.05, 0) is 11.6 Å². The second-order valence-electron chi connectivity index (χ2n) is 3.66. The van der Waals surface area contributed by atoms with Crippen LogP contribution in [0.15, 0.2) is 24.3 Å². The quantitative estimate of drug-likeness (QED) is 0.714.